The lowest BCUT2D eigenvalue weighted by Gasteiger charge is -2.35. The van der Waals surface area contributed by atoms with Crippen molar-refractivity contribution >= 4 is 23.4 Å². The normalized spacial score (nSPS) is 14.6. The first-order valence-corrected chi connectivity index (χ1v) is 11.5. The van der Waals surface area contributed by atoms with Crippen molar-refractivity contribution < 1.29 is 9.32 Å². The standard InChI is InChI=1S/C24H28N4O2S/c1-18-15-20(30-26-18)17-31-23-10-6-4-8-21(23)24(29)25-16-19-7-3-5-9-22(19)28-13-11-27(2)12-14-28/h3-10,15H,11-14,16-17H2,1-2H3,(H,25,29). The van der Waals surface area contributed by atoms with E-state index in [0.29, 0.717) is 17.9 Å². The van der Waals surface area contributed by atoms with Gasteiger partial charge in [0.25, 0.3) is 5.91 Å². The molecule has 1 fully saturated rings. The van der Waals surface area contributed by atoms with Crippen LogP contribution in [0.2, 0.25) is 0 Å². The smallest absolute Gasteiger partial charge is 0.252 e. The molecular formula is C24H28N4O2S. The number of para-hydroxylation sites is 1. The summed E-state index contributed by atoms with van der Waals surface area (Å²) in [6.07, 6.45) is 0. The molecule has 162 valence electrons. The molecule has 1 amide bonds. The fraction of sp³-hybridized carbons (Fsp3) is 0.333. The SMILES string of the molecule is Cc1cc(CSc2ccccc2C(=O)NCc2ccccc2N2CCN(C)CC2)on1. The highest BCUT2D eigenvalue weighted by atomic mass is 32.2. The third kappa shape index (κ3) is 5.48. The number of carbonyl (C=O) groups is 1. The van der Waals surface area contributed by atoms with E-state index in [4.69, 9.17) is 4.52 Å². The monoisotopic (exact) mass is 436 g/mol. The molecule has 0 unspecified atom stereocenters. The summed E-state index contributed by atoms with van der Waals surface area (Å²) in [7, 11) is 2.16. The number of piperazine rings is 1. The van der Waals surface area contributed by atoms with E-state index in [9.17, 15) is 4.79 Å². The summed E-state index contributed by atoms with van der Waals surface area (Å²) in [5.41, 5.74) is 3.89. The van der Waals surface area contributed by atoms with Crippen molar-refractivity contribution in [3.05, 3.63) is 77.2 Å². The van der Waals surface area contributed by atoms with E-state index < -0.39 is 0 Å². The number of anilines is 1. The Hall–Kier alpha value is -2.77. The number of carbonyl (C=O) groups excluding carboxylic acids is 1. The van der Waals surface area contributed by atoms with Gasteiger partial charge in [-0.15, -0.1) is 11.8 Å². The highest BCUT2D eigenvalue weighted by Crippen LogP contribution is 2.27. The summed E-state index contributed by atoms with van der Waals surface area (Å²) < 4.78 is 5.29. The predicted molar refractivity (Wildman–Crippen MR) is 125 cm³/mol. The maximum Gasteiger partial charge on any atom is 0.252 e. The molecule has 2 aromatic carbocycles. The molecular weight excluding hydrogens is 408 g/mol. The lowest BCUT2D eigenvalue weighted by molar-refractivity contribution is 0.0948. The number of thioether (sulfide) groups is 1. The summed E-state index contributed by atoms with van der Waals surface area (Å²) in [6.45, 7) is 6.51. The fourth-order valence-electron chi connectivity index (χ4n) is 3.70. The van der Waals surface area contributed by atoms with Gasteiger partial charge in [-0.05, 0) is 37.7 Å². The second kappa shape index (κ2) is 10.0. The number of amides is 1. The van der Waals surface area contributed by atoms with Gasteiger partial charge in [0.05, 0.1) is 17.0 Å². The van der Waals surface area contributed by atoms with Gasteiger partial charge in [0.15, 0.2) is 0 Å². The molecule has 1 aliphatic rings. The molecule has 0 aliphatic carbocycles. The molecule has 1 N–H and O–H groups in total. The average molecular weight is 437 g/mol. The van der Waals surface area contributed by atoms with Gasteiger partial charge in [0.1, 0.15) is 5.76 Å². The number of hydrogen-bond donors (Lipinski definition) is 1. The molecule has 0 atom stereocenters. The molecule has 4 rings (SSSR count). The van der Waals surface area contributed by atoms with Crippen LogP contribution in [0.5, 0.6) is 0 Å². The predicted octanol–water partition coefficient (Wildman–Crippen LogP) is 3.96. The quantitative estimate of drug-likeness (QED) is 0.566. The lowest BCUT2D eigenvalue weighted by Crippen LogP contribution is -2.45. The number of likely N-dealkylation sites (N-methyl/N-ethyl adjacent to an activating group) is 1. The number of hydrogen-bond acceptors (Lipinski definition) is 6. The van der Waals surface area contributed by atoms with E-state index in [2.05, 4.69) is 45.5 Å². The molecule has 3 aromatic rings. The average Bonchev–Trinajstić information content (AvgIpc) is 3.22. The Kier molecular flexibility index (Phi) is 6.94. The van der Waals surface area contributed by atoms with Crippen LogP contribution in [-0.4, -0.2) is 49.2 Å². The zero-order valence-electron chi connectivity index (χ0n) is 18.0. The van der Waals surface area contributed by atoms with Gasteiger partial charge in [-0.1, -0.05) is 35.5 Å². The van der Waals surface area contributed by atoms with Crippen LogP contribution >= 0.6 is 11.8 Å². The van der Waals surface area contributed by atoms with Crippen molar-refractivity contribution in [1.29, 1.82) is 0 Å². The molecule has 1 aromatic heterocycles. The van der Waals surface area contributed by atoms with Crippen LogP contribution in [0.25, 0.3) is 0 Å². The van der Waals surface area contributed by atoms with Crippen LogP contribution in [0, 0.1) is 6.92 Å². The maximum absolute atomic E-state index is 13.0. The van der Waals surface area contributed by atoms with Crippen molar-refractivity contribution in [1.82, 2.24) is 15.4 Å². The topological polar surface area (TPSA) is 61.6 Å². The van der Waals surface area contributed by atoms with Gasteiger partial charge in [0.2, 0.25) is 0 Å². The highest BCUT2D eigenvalue weighted by Gasteiger charge is 2.18. The summed E-state index contributed by atoms with van der Waals surface area (Å²) in [5, 5.41) is 7.05. The summed E-state index contributed by atoms with van der Waals surface area (Å²) in [5.74, 6) is 1.38. The van der Waals surface area contributed by atoms with Gasteiger partial charge >= 0.3 is 0 Å². The van der Waals surface area contributed by atoms with E-state index in [0.717, 1.165) is 48.1 Å². The van der Waals surface area contributed by atoms with Crippen LogP contribution in [0.3, 0.4) is 0 Å². The number of rotatable bonds is 7. The Balaban J connectivity index is 1.42. The zero-order valence-corrected chi connectivity index (χ0v) is 18.8. The van der Waals surface area contributed by atoms with Crippen LogP contribution < -0.4 is 10.2 Å². The number of nitrogens with one attached hydrogen (secondary N) is 1. The Labute approximate surface area is 187 Å². The van der Waals surface area contributed by atoms with E-state index >= 15 is 0 Å². The van der Waals surface area contributed by atoms with E-state index in [-0.39, 0.29) is 5.91 Å². The van der Waals surface area contributed by atoms with E-state index in [1.54, 1.807) is 11.8 Å². The molecule has 0 radical (unpaired) electrons. The Morgan fingerprint density at radius 1 is 1.10 bits per heavy atom. The first kappa shape index (κ1) is 21.5. The number of nitrogens with zero attached hydrogens (tertiary/aromatic N) is 3. The van der Waals surface area contributed by atoms with Crippen LogP contribution in [0.1, 0.15) is 27.4 Å². The molecule has 1 aliphatic heterocycles. The van der Waals surface area contributed by atoms with Crippen LogP contribution in [0.4, 0.5) is 5.69 Å². The van der Waals surface area contributed by atoms with Crippen LogP contribution in [-0.2, 0) is 12.3 Å². The zero-order chi connectivity index (χ0) is 21.6. The maximum atomic E-state index is 13.0. The van der Waals surface area contributed by atoms with E-state index in [1.807, 2.05) is 43.3 Å². The van der Waals surface area contributed by atoms with Crippen molar-refractivity contribution in [2.24, 2.45) is 0 Å². The number of aromatic nitrogens is 1. The second-order valence-electron chi connectivity index (χ2n) is 7.82. The van der Waals surface area contributed by atoms with Crippen molar-refractivity contribution in [2.75, 3.05) is 38.1 Å². The summed E-state index contributed by atoms with van der Waals surface area (Å²) in [4.78, 5) is 18.7. The molecule has 0 spiro atoms. The van der Waals surface area contributed by atoms with Crippen molar-refractivity contribution in [2.45, 2.75) is 24.1 Å². The van der Waals surface area contributed by atoms with Crippen molar-refractivity contribution in [3.8, 4) is 0 Å². The largest absolute Gasteiger partial charge is 0.369 e. The minimum Gasteiger partial charge on any atom is -0.369 e. The lowest BCUT2D eigenvalue weighted by atomic mass is 10.1. The minimum atomic E-state index is -0.0648. The van der Waals surface area contributed by atoms with Crippen LogP contribution in [0.15, 0.2) is 64.0 Å². The molecule has 6 nitrogen and oxygen atoms in total. The van der Waals surface area contributed by atoms with Gasteiger partial charge in [-0.2, -0.15) is 0 Å². The second-order valence-corrected chi connectivity index (χ2v) is 8.84. The molecule has 0 saturated carbocycles. The summed E-state index contributed by atoms with van der Waals surface area (Å²) >= 11 is 1.58. The van der Waals surface area contributed by atoms with E-state index in [1.165, 1.54) is 5.69 Å². The molecule has 2 heterocycles. The van der Waals surface area contributed by atoms with Crippen molar-refractivity contribution in [3.63, 3.8) is 0 Å². The third-order valence-electron chi connectivity index (χ3n) is 5.45. The first-order chi connectivity index (χ1) is 15.1. The number of benzene rings is 2. The molecule has 7 heteroatoms. The van der Waals surface area contributed by atoms with Gasteiger partial charge in [0, 0.05) is 49.4 Å². The highest BCUT2D eigenvalue weighted by molar-refractivity contribution is 7.98. The Morgan fingerprint density at radius 2 is 1.84 bits per heavy atom. The molecule has 31 heavy (non-hydrogen) atoms. The minimum absolute atomic E-state index is 0.0648. The van der Waals surface area contributed by atoms with Gasteiger partial charge in [-0.25, -0.2) is 0 Å². The third-order valence-corrected chi connectivity index (χ3v) is 6.55. The molecule has 1 saturated heterocycles. The first-order valence-electron chi connectivity index (χ1n) is 10.5. The fourth-order valence-corrected chi connectivity index (χ4v) is 4.63. The summed E-state index contributed by atoms with van der Waals surface area (Å²) in [6, 6.07) is 18.0. The Bertz CT molecular complexity index is 1030. The Morgan fingerprint density at radius 3 is 2.61 bits per heavy atom. The molecule has 0 bridgehead atoms. The van der Waals surface area contributed by atoms with Gasteiger partial charge in [-0.3, -0.25) is 4.79 Å². The van der Waals surface area contributed by atoms with Gasteiger partial charge < -0.3 is 19.6 Å². The number of aryl methyl sites for hydroxylation is 1.